The molecular weight excluding hydrogens is 1360 g/mol. The summed E-state index contributed by atoms with van der Waals surface area (Å²) in [6, 6.07) is -4.88. The van der Waals surface area contributed by atoms with E-state index < -0.39 is 176 Å². The Hall–Kier alpha value is -6.36. The molecule has 33 heteroatoms. The standard InChI is InChI=1S/C68H104F3N15O13S2/c69-41-9-13-48-46(22-41)39(27-75-48)20-51-63(94)81-52(21-40-28-76-49-14-10-42(70)23-47(40)49)64(95)83-54(26-60(90)91)66(97)82-53(25-44-29-74-35-78-44)65(96)84-55(19-36-7-11-45(87)12-8-36)68(99)86-31-43(71)24-57(86)67(98)85-56(61(73)92)34-101-33-38-5-3-4-37(18-38)32-100-17-15-58(88)79-50(6-1-2-16-72)62(93)77-30-59(89)80-51/h3-5,18,36,39-57,74-76,78,87H,1-2,6-17,19-35,72H2,(H2,73,92)(H,77,93)(H,79,88)(H,80,89)(H,81,94)(H,82,97)(H,83,95)(H,84,96)(H,85,98)(H,90,91)/t36?,39?,40?,41?,42?,43-,44?,45?,46?,47?,48?,49?,50-,51-,52-,53-,54-,55-,56-,57-/m0/s1. The molecule has 1 aromatic carbocycles. The van der Waals surface area contributed by atoms with Crippen molar-refractivity contribution in [1.82, 2.24) is 68.7 Å². The van der Waals surface area contributed by atoms with E-state index in [4.69, 9.17) is 11.5 Å². The quantitative estimate of drug-likeness (QED) is 0.0954. The van der Waals surface area contributed by atoms with Crippen LogP contribution in [-0.2, 0) is 64.2 Å². The first-order chi connectivity index (χ1) is 48.5. The SMILES string of the molecule is NCCCC[C@@H]1NC(=O)CCSCc2cccc(c2)CSC[C@@H](C(N)=O)NC(=O)[C@@H]2C[C@H](F)CN2C(=O)[C@H](CC2CCC(O)CC2)NC(=O)[C@H](CC2CNCN2)NC(=O)[C@H](CC(=O)O)NC(=O)[C@H](CC2CNC3CCC(F)CC23)NC(=O)[C@H](CC2CNC3CCC(F)CC23)NC(=O)CNC1=O. The average molecular weight is 1460 g/mol. The number of primary amides is 1. The minimum atomic E-state index is -1.95. The summed E-state index contributed by atoms with van der Waals surface area (Å²) in [7, 11) is 0. The van der Waals surface area contributed by atoms with Gasteiger partial charge in [0.25, 0.3) is 0 Å². The Kier molecular flexibility index (Phi) is 30.0. The van der Waals surface area contributed by atoms with Gasteiger partial charge in [0.15, 0.2) is 0 Å². The van der Waals surface area contributed by atoms with Gasteiger partial charge in [-0.2, -0.15) is 23.5 Å². The van der Waals surface area contributed by atoms with Gasteiger partial charge in [-0.25, -0.2) is 13.2 Å². The van der Waals surface area contributed by atoms with Gasteiger partial charge in [0.05, 0.1) is 25.6 Å². The van der Waals surface area contributed by atoms with E-state index in [9.17, 15) is 43.8 Å². The molecule has 5 heterocycles. The number of aliphatic carboxylic acids is 1. The number of rotatable bonds is 15. The van der Waals surface area contributed by atoms with Crippen LogP contribution in [0.25, 0.3) is 0 Å². The molecule has 18 N–H and O–H groups in total. The maximum absolute atomic E-state index is 15.8. The number of hydrogen-bond acceptors (Lipinski definition) is 19. The number of unbranched alkanes of at least 4 members (excludes halogenated alkanes) is 1. The molecular formula is C68H104F3N15O13S2. The van der Waals surface area contributed by atoms with Crippen molar-refractivity contribution in [2.75, 3.05) is 57.4 Å². The Morgan fingerprint density at radius 3 is 1.78 bits per heavy atom. The first-order valence-electron chi connectivity index (χ1n) is 36.1. The zero-order valence-corrected chi connectivity index (χ0v) is 58.8. The zero-order chi connectivity index (χ0) is 72.3. The van der Waals surface area contributed by atoms with Gasteiger partial charge in [-0.1, -0.05) is 24.3 Å². The average Bonchev–Trinajstić information content (AvgIpc) is 1.66. The number of alkyl halides is 3. The third-order valence-corrected chi connectivity index (χ3v) is 23.5. The van der Waals surface area contributed by atoms with Gasteiger partial charge < -0.3 is 90.4 Å². The van der Waals surface area contributed by atoms with E-state index in [0.29, 0.717) is 114 Å². The van der Waals surface area contributed by atoms with Gasteiger partial charge in [0.1, 0.15) is 66.8 Å². The summed E-state index contributed by atoms with van der Waals surface area (Å²) < 4.78 is 46.2. The second-order valence-corrected chi connectivity index (χ2v) is 31.0. The van der Waals surface area contributed by atoms with E-state index in [1.165, 1.54) is 23.5 Å². The number of carbonyl (C=O) groups excluding carboxylic acids is 10. The van der Waals surface area contributed by atoms with E-state index >= 15 is 32.3 Å². The molecule has 10 amide bonds. The molecule has 9 rings (SSSR count). The molecule has 562 valence electrons. The second-order valence-electron chi connectivity index (χ2n) is 28.9. The van der Waals surface area contributed by atoms with Crippen LogP contribution in [0.3, 0.4) is 0 Å². The second kappa shape index (κ2) is 38.4. The van der Waals surface area contributed by atoms with Gasteiger partial charge >= 0.3 is 5.97 Å². The van der Waals surface area contributed by atoms with Crippen LogP contribution in [0.5, 0.6) is 0 Å². The predicted molar refractivity (Wildman–Crippen MR) is 371 cm³/mol. The normalized spacial score (nSPS) is 35.4. The number of carboxylic acids is 1. The number of hydrogen-bond donors (Lipinski definition) is 16. The highest BCUT2D eigenvalue weighted by Crippen LogP contribution is 2.40. The molecule has 0 aromatic heterocycles. The summed E-state index contributed by atoms with van der Waals surface area (Å²) in [5.41, 5.74) is 13.4. The lowest BCUT2D eigenvalue weighted by molar-refractivity contribution is -0.143. The summed E-state index contributed by atoms with van der Waals surface area (Å²) in [4.78, 5) is 158. The van der Waals surface area contributed by atoms with Crippen LogP contribution in [0, 0.1) is 29.6 Å². The van der Waals surface area contributed by atoms with Crippen molar-refractivity contribution < 1.29 is 76.1 Å². The molecule has 2 bridgehead atoms. The van der Waals surface area contributed by atoms with Crippen molar-refractivity contribution >= 4 is 88.6 Å². The number of nitrogens with one attached hydrogen (secondary N) is 12. The molecule has 101 heavy (non-hydrogen) atoms. The summed E-state index contributed by atoms with van der Waals surface area (Å²) in [6.45, 7) is 0.354. The van der Waals surface area contributed by atoms with E-state index in [2.05, 4.69) is 63.8 Å². The number of aliphatic hydroxyl groups is 1. The minimum Gasteiger partial charge on any atom is -0.481 e. The highest BCUT2D eigenvalue weighted by Gasteiger charge is 2.48. The molecule has 7 fully saturated rings. The van der Waals surface area contributed by atoms with Crippen LogP contribution in [0.4, 0.5) is 13.2 Å². The maximum Gasteiger partial charge on any atom is 0.305 e. The van der Waals surface area contributed by atoms with Gasteiger partial charge in [0, 0.05) is 67.2 Å². The third kappa shape index (κ3) is 23.3. The molecule has 8 aliphatic rings. The molecule has 3 saturated carbocycles. The molecule has 0 spiro atoms. The molecule has 3 aliphatic carbocycles. The Bertz CT molecular complexity index is 3050. The number of amides is 10. The van der Waals surface area contributed by atoms with Gasteiger partial charge in [-0.05, 0) is 170 Å². The van der Waals surface area contributed by atoms with E-state index in [0.717, 1.165) is 16.0 Å². The van der Waals surface area contributed by atoms with Crippen LogP contribution in [-0.4, -0.2) is 229 Å². The fraction of sp³-hybridized carbons (Fsp3) is 0.750. The largest absolute Gasteiger partial charge is 0.481 e. The number of carboxylic acid groups (broad SMARTS) is 1. The number of fused-ring (bicyclic) bond motifs is 5. The maximum atomic E-state index is 15.8. The lowest BCUT2D eigenvalue weighted by Gasteiger charge is -2.34. The topological polar surface area (TPSA) is 428 Å². The number of thioether (sulfide) groups is 2. The predicted octanol–water partition coefficient (Wildman–Crippen LogP) is -0.823. The Balaban J connectivity index is 1.02. The zero-order valence-electron chi connectivity index (χ0n) is 57.2. The molecule has 5 aliphatic heterocycles. The highest BCUT2D eigenvalue weighted by molar-refractivity contribution is 7.98. The molecule has 1 aromatic rings. The van der Waals surface area contributed by atoms with E-state index in [1.807, 2.05) is 24.3 Å². The van der Waals surface area contributed by atoms with Crippen LogP contribution in [0.15, 0.2) is 24.3 Å². The fourth-order valence-corrected chi connectivity index (χ4v) is 17.8. The van der Waals surface area contributed by atoms with Crippen LogP contribution < -0.4 is 75.3 Å². The first-order valence-corrected chi connectivity index (χ1v) is 38.4. The number of carbonyl (C=O) groups is 11. The Morgan fingerprint density at radius 2 is 1.18 bits per heavy atom. The first kappa shape index (κ1) is 78.8. The van der Waals surface area contributed by atoms with Crippen LogP contribution >= 0.6 is 23.5 Å². The van der Waals surface area contributed by atoms with Crippen LogP contribution in [0.2, 0.25) is 0 Å². The van der Waals surface area contributed by atoms with E-state index in [-0.39, 0.29) is 92.9 Å². The summed E-state index contributed by atoms with van der Waals surface area (Å²) >= 11 is 2.76. The molecule has 4 saturated heterocycles. The van der Waals surface area contributed by atoms with Crippen molar-refractivity contribution in [2.45, 2.75) is 231 Å². The monoisotopic (exact) mass is 1460 g/mol. The Labute approximate surface area is 595 Å². The van der Waals surface area contributed by atoms with Crippen molar-refractivity contribution in [1.29, 1.82) is 0 Å². The van der Waals surface area contributed by atoms with Crippen molar-refractivity contribution in [3.63, 3.8) is 0 Å². The van der Waals surface area contributed by atoms with Crippen molar-refractivity contribution in [3.05, 3.63) is 35.4 Å². The summed E-state index contributed by atoms with van der Waals surface area (Å²) in [5.74, 6) is -10.5. The van der Waals surface area contributed by atoms with Crippen molar-refractivity contribution in [2.24, 2.45) is 41.1 Å². The lowest BCUT2D eigenvalue weighted by atomic mass is 9.76. The number of benzene rings is 1. The lowest BCUT2D eigenvalue weighted by Crippen LogP contribution is -2.61. The molecule has 9 unspecified atom stereocenters. The van der Waals surface area contributed by atoms with E-state index in [1.54, 1.807) is 0 Å². The number of nitrogens with zero attached hydrogens (tertiary/aromatic N) is 1. The third-order valence-electron chi connectivity index (χ3n) is 21.4. The molecule has 28 nitrogen and oxygen atoms in total. The number of nitrogens with two attached hydrogens (primary N) is 2. The summed E-state index contributed by atoms with van der Waals surface area (Å²) in [5, 5.41) is 55.5. The highest BCUT2D eigenvalue weighted by atomic mass is 32.2. The number of aliphatic hydroxyl groups excluding tert-OH is 1. The summed E-state index contributed by atoms with van der Waals surface area (Å²) in [6.07, 6.45) is -1.65. The molecule has 18 atom stereocenters. The van der Waals surface area contributed by atoms with Gasteiger partial charge in [-0.15, -0.1) is 0 Å². The Morgan fingerprint density at radius 1 is 0.594 bits per heavy atom. The van der Waals surface area contributed by atoms with Crippen molar-refractivity contribution in [3.8, 4) is 0 Å². The minimum absolute atomic E-state index is 0.00346. The van der Waals surface area contributed by atoms with Gasteiger partial charge in [0.2, 0.25) is 59.1 Å². The number of halogens is 3. The fourth-order valence-electron chi connectivity index (χ4n) is 15.9. The van der Waals surface area contributed by atoms with Crippen LogP contribution in [0.1, 0.15) is 140 Å². The van der Waals surface area contributed by atoms with Gasteiger partial charge in [-0.3, -0.25) is 52.7 Å². The molecule has 0 radical (unpaired) electrons. The smallest absolute Gasteiger partial charge is 0.305 e.